The average molecular weight is 280 g/mol. The molecule has 1 aromatic carbocycles. The number of hydrogen-bond donors (Lipinski definition) is 1. The molecule has 0 aromatic heterocycles. The van der Waals surface area contributed by atoms with Gasteiger partial charge in [0, 0.05) is 23.0 Å². The summed E-state index contributed by atoms with van der Waals surface area (Å²) in [7, 11) is 2.03. The van der Waals surface area contributed by atoms with Crippen molar-refractivity contribution in [1.82, 2.24) is 5.32 Å². The first kappa shape index (κ1) is 13.3. The Bertz CT molecular complexity index is 466. The fraction of sp³-hybridized carbons (Fsp3) is 0.625. The Morgan fingerprint density at radius 3 is 2.74 bits per heavy atom. The molecule has 0 bridgehead atoms. The normalized spacial score (nSPS) is 33.8. The van der Waals surface area contributed by atoms with E-state index in [1.807, 2.05) is 25.2 Å². The Morgan fingerprint density at radius 2 is 2.05 bits per heavy atom. The minimum atomic E-state index is 0.0427. The summed E-state index contributed by atoms with van der Waals surface area (Å²) in [5.41, 5.74) is 1.25. The molecule has 1 aromatic rings. The Labute approximate surface area is 120 Å². The topological polar surface area (TPSA) is 21.3 Å². The molecule has 2 aliphatic rings. The van der Waals surface area contributed by atoms with Crippen molar-refractivity contribution in [2.75, 3.05) is 7.05 Å². The van der Waals surface area contributed by atoms with Crippen LogP contribution in [0.1, 0.15) is 50.6 Å². The largest absolute Gasteiger partial charge is 0.487 e. The first-order valence-corrected chi connectivity index (χ1v) is 7.65. The lowest BCUT2D eigenvalue weighted by Crippen LogP contribution is -2.46. The lowest BCUT2D eigenvalue weighted by atomic mass is 9.74. The van der Waals surface area contributed by atoms with Gasteiger partial charge < -0.3 is 10.1 Å². The maximum absolute atomic E-state index is 6.40. The highest BCUT2D eigenvalue weighted by Crippen LogP contribution is 2.47. The molecule has 0 radical (unpaired) electrons. The summed E-state index contributed by atoms with van der Waals surface area (Å²) in [6.45, 7) is 2.35. The third-order valence-corrected chi connectivity index (χ3v) is 5.02. The molecule has 0 amide bonds. The summed E-state index contributed by atoms with van der Waals surface area (Å²) >= 11 is 6.11. The van der Waals surface area contributed by atoms with Gasteiger partial charge in [0.1, 0.15) is 11.4 Å². The van der Waals surface area contributed by atoms with E-state index >= 15 is 0 Å². The van der Waals surface area contributed by atoms with Crippen molar-refractivity contribution < 1.29 is 4.74 Å². The van der Waals surface area contributed by atoms with Crippen LogP contribution in [0.2, 0.25) is 5.02 Å². The monoisotopic (exact) mass is 279 g/mol. The molecule has 1 atom stereocenters. The lowest BCUT2D eigenvalue weighted by Gasteiger charge is -2.45. The van der Waals surface area contributed by atoms with Crippen molar-refractivity contribution in [3.8, 4) is 5.75 Å². The summed E-state index contributed by atoms with van der Waals surface area (Å²) in [5, 5.41) is 4.22. The van der Waals surface area contributed by atoms with Gasteiger partial charge in [-0.2, -0.15) is 0 Å². The van der Waals surface area contributed by atoms with E-state index in [2.05, 4.69) is 12.2 Å². The minimum absolute atomic E-state index is 0.0427. The summed E-state index contributed by atoms with van der Waals surface area (Å²) in [6, 6.07) is 6.35. The summed E-state index contributed by atoms with van der Waals surface area (Å²) in [5.74, 6) is 1.86. The molecule has 1 N–H and O–H groups in total. The van der Waals surface area contributed by atoms with E-state index in [-0.39, 0.29) is 5.60 Å². The van der Waals surface area contributed by atoms with Crippen molar-refractivity contribution in [1.29, 1.82) is 0 Å². The quantitative estimate of drug-likeness (QED) is 0.826. The maximum Gasteiger partial charge on any atom is 0.125 e. The average Bonchev–Trinajstić information content (AvgIpc) is 2.42. The molecule has 1 fully saturated rings. The van der Waals surface area contributed by atoms with Crippen LogP contribution in [0.5, 0.6) is 5.75 Å². The van der Waals surface area contributed by atoms with Crippen LogP contribution >= 0.6 is 11.6 Å². The van der Waals surface area contributed by atoms with E-state index in [0.29, 0.717) is 6.04 Å². The van der Waals surface area contributed by atoms with Gasteiger partial charge in [0.15, 0.2) is 0 Å². The lowest BCUT2D eigenvalue weighted by molar-refractivity contribution is -0.0119. The molecule has 1 heterocycles. The van der Waals surface area contributed by atoms with Gasteiger partial charge in [-0.1, -0.05) is 18.5 Å². The highest BCUT2D eigenvalue weighted by Gasteiger charge is 2.42. The van der Waals surface area contributed by atoms with Crippen LogP contribution in [0.3, 0.4) is 0 Å². The second kappa shape index (κ2) is 4.99. The van der Waals surface area contributed by atoms with Gasteiger partial charge in [-0.3, -0.25) is 0 Å². The summed E-state index contributed by atoms with van der Waals surface area (Å²) < 4.78 is 6.40. The van der Waals surface area contributed by atoms with Crippen molar-refractivity contribution in [3.05, 3.63) is 28.8 Å². The molecule has 1 saturated carbocycles. The van der Waals surface area contributed by atoms with Crippen molar-refractivity contribution in [2.45, 2.75) is 50.7 Å². The highest BCUT2D eigenvalue weighted by molar-refractivity contribution is 6.30. The van der Waals surface area contributed by atoms with Crippen LogP contribution < -0.4 is 10.1 Å². The fourth-order valence-electron chi connectivity index (χ4n) is 3.49. The smallest absolute Gasteiger partial charge is 0.125 e. The number of rotatable bonds is 1. The van der Waals surface area contributed by atoms with Crippen molar-refractivity contribution >= 4 is 11.6 Å². The van der Waals surface area contributed by atoms with Gasteiger partial charge >= 0.3 is 0 Å². The standard InChI is InChI=1S/C16H22ClNO/c1-11-5-7-16(8-6-11)10-14(18-2)13-9-12(17)3-4-15(13)19-16/h3-4,9,11,14,18H,5-8,10H2,1-2H3. The van der Waals surface area contributed by atoms with Crippen molar-refractivity contribution in [3.63, 3.8) is 0 Å². The van der Waals surface area contributed by atoms with Crippen LogP contribution in [0.15, 0.2) is 18.2 Å². The summed E-state index contributed by atoms with van der Waals surface area (Å²) in [4.78, 5) is 0. The van der Waals surface area contributed by atoms with Gasteiger partial charge in [0.25, 0.3) is 0 Å². The first-order chi connectivity index (χ1) is 9.12. The van der Waals surface area contributed by atoms with E-state index < -0.39 is 0 Å². The van der Waals surface area contributed by atoms with Crippen LogP contribution in [0, 0.1) is 5.92 Å². The fourth-order valence-corrected chi connectivity index (χ4v) is 3.67. The molecule has 1 aliphatic carbocycles. The van der Waals surface area contributed by atoms with Crippen LogP contribution in [-0.2, 0) is 0 Å². The number of ether oxygens (including phenoxy) is 1. The third-order valence-electron chi connectivity index (χ3n) is 4.78. The zero-order chi connectivity index (χ0) is 13.5. The Balaban J connectivity index is 1.91. The predicted octanol–water partition coefficient (Wildman–Crippen LogP) is 4.33. The third kappa shape index (κ3) is 2.48. The molecular weight excluding hydrogens is 258 g/mol. The van der Waals surface area contributed by atoms with E-state index in [1.165, 1.54) is 31.2 Å². The zero-order valence-electron chi connectivity index (χ0n) is 11.7. The van der Waals surface area contributed by atoms with E-state index in [4.69, 9.17) is 16.3 Å². The van der Waals surface area contributed by atoms with Gasteiger partial charge in [-0.25, -0.2) is 0 Å². The maximum atomic E-state index is 6.40. The molecule has 3 rings (SSSR count). The number of benzene rings is 1. The second-order valence-corrected chi connectivity index (χ2v) is 6.63. The number of nitrogens with one attached hydrogen (secondary N) is 1. The van der Waals surface area contributed by atoms with E-state index in [0.717, 1.165) is 23.1 Å². The van der Waals surface area contributed by atoms with Gasteiger partial charge in [0.2, 0.25) is 0 Å². The molecule has 1 unspecified atom stereocenters. The molecule has 1 spiro atoms. The summed E-state index contributed by atoms with van der Waals surface area (Å²) in [6.07, 6.45) is 5.96. The number of fused-ring (bicyclic) bond motifs is 1. The van der Waals surface area contributed by atoms with Crippen LogP contribution in [0.25, 0.3) is 0 Å². The molecule has 3 heteroatoms. The predicted molar refractivity (Wildman–Crippen MR) is 78.9 cm³/mol. The van der Waals surface area contributed by atoms with Gasteiger partial charge in [0.05, 0.1) is 0 Å². The van der Waals surface area contributed by atoms with Crippen LogP contribution in [-0.4, -0.2) is 12.6 Å². The number of hydrogen-bond acceptors (Lipinski definition) is 2. The van der Waals surface area contributed by atoms with Gasteiger partial charge in [-0.05, 0) is 56.8 Å². The molecule has 1 aliphatic heterocycles. The Morgan fingerprint density at radius 1 is 1.32 bits per heavy atom. The Hall–Kier alpha value is -0.730. The number of halogens is 1. The van der Waals surface area contributed by atoms with E-state index in [9.17, 15) is 0 Å². The van der Waals surface area contributed by atoms with Crippen LogP contribution in [0.4, 0.5) is 0 Å². The molecule has 0 saturated heterocycles. The minimum Gasteiger partial charge on any atom is -0.487 e. The van der Waals surface area contributed by atoms with E-state index in [1.54, 1.807) is 0 Å². The molecule has 2 nitrogen and oxygen atoms in total. The van der Waals surface area contributed by atoms with Gasteiger partial charge in [-0.15, -0.1) is 0 Å². The molecule has 104 valence electrons. The Kier molecular flexibility index (Phi) is 3.48. The highest BCUT2D eigenvalue weighted by atomic mass is 35.5. The SMILES string of the molecule is CNC1CC2(CCC(C)CC2)Oc2ccc(Cl)cc21. The molecule has 19 heavy (non-hydrogen) atoms. The van der Waals surface area contributed by atoms with Crippen molar-refractivity contribution in [2.24, 2.45) is 5.92 Å². The zero-order valence-corrected chi connectivity index (χ0v) is 12.5. The molecular formula is C16H22ClNO. The first-order valence-electron chi connectivity index (χ1n) is 7.28. The second-order valence-electron chi connectivity index (χ2n) is 6.20.